The molecule has 176 valence electrons. The molecule has 2 aliphatic carbocycles. The minimum Gasteiger partial charge on any atom is -0.493 e. The summed E-state index contributed by atoms with van der Waals surface area (Å²) < 4.78 is 17.5. The normalized spacial score (nSPS) is 18.2. The molecule has 2 saturated carbocycles. The van der Waals surface area contributed by atoms with Crippen molar-refractivity contribution in [2.45, 2.75) is 63.6 Å². The van der Waals surface area contributed by atoms with Crippen molar-refractivity contribution >= 4 is 17.3 Å². The molecule has 0 bridgehead atoms. The van der Waals surface area contributed by atoms with Crippen molar-refractivity contribution in [1.29, 1.82) is 0 Å². The van der Waals surface area contributed by atoms with Crippen LogP contribution in [0.4, 0.5) is 0 Å². The highest BCUT2D eigenvalue weighted by molar-refractivity contribution is 7.08. The van der Waals surface area contributed by atoms with Crippen molar-refractivity contribution < 1.29 is 19.0 Å². The van der Waals surface area contributed by atoms with Gasteiger partial charge in [-0.3, -0.25) is 0 Å². The van der Waals surface area contributed by atoms with E-state index in [9.17, 15) is 4.79 Å². The smallest absolute Gasteiger partial charge is 0.339 e. The van der Waals surface area contributed by atoms with E-state index in [1.165, 1.54) is 42.2 Å². The Morgan fingerprint density at radius 2 is 1.97 bits per heavy atom. The van der Waals surface area contributed by atoms with Crippen LogP contribution in [0.2, 0.25) is 0 Å². The first kappa shape index (κ1) is 21.9. The lowest BCUT2D eigenvalue weighted by molar-refractivity contribution is -0.155. The number of carbonyl (C=O) groups is 1. The number of hydrogen-bond donors (Lipinski definition) is 0. The van der Waals surface area contributed by atoms with Crippen molar-refractivity contribution in [2.75, 3.05) is 13.7 Å². The maximum atomic E-state index is 13.1. The third-order valence-electron chi connectivity index (χ3n) is 7.16. The van der Waals surface area contributed by atoms with Gasteiger partial charge in [-0.05, 0) is 119 Å². The zero-order chi connectivity index (χ0) is 23.2. The highest BCUT2D eigenvalue weighted by Gasteiger charge is 2.38. The van der Waals surface area contributed by atoms with E-state index < -0.39 is 6.10 Å². The highest BCUT2D eigenvalue weighted by atomic mass is 32.1. The number of ether oxygens (including phenoxy) is 3. The van der Waals surface area contributed by atoms with E-state index in [-0.39, 0.29) is 12.1 Å². The Hall–Kier alpha value is -2.63. The van der Waals surface area contributed by atoms with Gasteiger partial charge in [-0.2, -0.15) is 11.3 Å². The average Bonchev–Trinajstić information content (AvgIpc) is 3.80. The second kappa shape index (κ2) is 8.86. The molecule has 2 fully saturated rings. The molecule has 6 rings (SSSR count). The number of hydrogen-bond acceptors (Lipinski definition) is 5. The number of esters is 1. The molecule has 1 aliphatic heterocycles. The van der Waals surface area contributed by atoms with E-state index in [1.54, 1.807) is 11.3 Å². The van der Waals surface area contributed by atoms with Crippen molar-refractivity contribution in [1.82, 2.24) is 0 Å². The van der Waals surface area contributed by atoms with Crippen LogP contribution in [-0.4, -0.2) is 25.8 Å². The maximum absolute atomic E-state index is 13.1. The number of benzene rings is 2. The highest BCUT2D eigenvalue weighted by Crippen LogP contribution is 2.53. The van der Waals surface area contributed by atoms with Crippen LogP contribution in [0.3, 0.4) is 0 Å². The molecule has 4 nitrogen and oxygen atoms in total. The first-order chi connectivity index (χ1) is 16.6. The van der Waals surface area contributed by atoms with Crippen LogP contribution in [0.5, 0.6) is 5.75 Å². The third kappa shape index (κ3) is 4.05. The lowest BCUT2D eigenvalue weighted by Crippen LogP contribution is -2.21. The van der Waals surface area contributed by atoms with Gasteiger partial charge >= 0.3 is 5.97 Å². The molecular weight excluding hydrogens is 444 g/mol. The number of carbonyl (C=O) groups excluding carboxylic acids is 1. The summed E-state index contributed by atoms with van der Waals surface area (Å²) in [5.41, 5.74) is 9.48. The molecule has 3 aliphatic rings. The Bertz CT molecular complexity index is 1220. The summed E-state index contributed by atoms with van der Waals surface area (Å²) in [6, 6.07) is 11.0. The molecule has 2 heterocycles. The van der Waals surface area contributed by atoms with Crippen LogP contribution < -0.4 is 4.74 Å². The van der Waals surface area contributed by atoms with Crippen LogP contribution in [0.15, 0.2) is 41.1 Å². The Morgan fingerprint density at radius 3 is 2.68 bits per heavy atom. The molecular formula is C29H30O4S. The molecule has 3 aromatic rings. The van der Waals surface area contributed by atoms with Gasteiger partial charge in [0.2, 0.25) is 0 Å². The Balaban J connectivity index is 1.62. The van der Waals surface area contributed by atoms with Gasteiger partial charge in [-0.1, -0.05) is 12.1 Å². The number of thiophene rings is 1. The predicted molar refractivity (Wildman–Crippen MR) is 135 cm³/mol. The first-order valence-electron chi connectivity index (χ1n) is 12.3. The second-order valence-corrected chi connectivity index (χ2v) is 10.5. The molecule has 0 saturated heterocycles. The summed E-state index contributed by atoms with van der Waals surface area (Å²) in [6.45, 7) is 2.89. The van der Waals surface area contributed by atoms with Gasteiger partial charge in [0.25, 0.3) is 0 Å². The van der Waals surface area contributed by atoms with Gasteiger partial charge < -0.3 is 14.2 Å². The van der Waals surface area contributed by atoms with Crippen LogP contribution in [0, 0.1) is 6.92 Å². The van der Waals surface area contributed by atoms with E-state index in [0.29, 0.717) is 5.92 Å². The summed E-state index contributed by atoms with van der Waals surface area (Å²) in [7, 11) is 1.46. The lowest BCUT2D eigenvalue weighted by Gasteiger charge is -2.27. The summed E-state index contributed by atoms with van der Waals surface area (Å²) in [6.07, 6.45) is 5.81. The van der Waals surface area contributed by atoms with Crippen LogP contribution in [-0.2, 0) is 20.7 Å². The van der Waals surface area contributed by atoms with Crippen LogP contribution in [0.25, 0.3) is 22.3 Å². The molecule has 2 aromatic carbocycles. The van der Waals surface area contributed by atoms with Crippen molar-refractivity contribution in [3.8, 4) is 28.0 Å². The number of aryl methyl sites for hydroxylation is 2. The molecule has 1 aromatic heterocycles. The van der Waals surface area contributed by atoms with E-state index in [2.05, 4.69) is 48.0 Å². The molecule has 0 amide bonds. The topological polar surface area (TPSA) is 44.8 Å². The average molecular weight is 475 g/mol. The van der Waals surface area contributed by atoms with Gasteiger partial charge in [0.15, 0.2) is 6.10 Å². The lowest BCUT2D eigenvalue weighted by atomic mass is 9.81. The summed E-state index contributed by atoms with van der Waals surface area (Å²) >= 11 is 1.72. The number of rotatable bonds is 7. The Labute approximate surface area is 204 Å². The minimum absolute atomic E-state index is 0.134. The fourth-order valence-corrected chi connectivity index (χ4v) is 5.87. The molecule has 5 heteroatoms. The van der Waals surface area contributed by atoms with Gasteiger partial charge in [0.05, 0.1) is 19.8 Å². The summed E-state index contributed by atoms with van der Waals surface area (Å²) in [5.74, 6) is 1.16. The molecule has 1 unspecified atom stereocenters. The summed E-state index contributed by atoms with van der Waals surface area (Å²) in [4.78, 5) is 13.1. The van der Waals surface area contributed by atoms with E-state index in [0.717, 1.165) is 60.3 Å². The standard InChI is InChI=1S/C29H30O4S/c1-17-14-23(21-11-13-34-16-21)26(18-5-6-18)27(20-7-10-24-19(15-20)4-3-12-32-24)25(17)28(29(30)31-2)33-22-8-9-22/h7,10-11,13-16,18,22,28H,3-6,8-9,12H2,1-2H3. The van der Waals surface area contributed by atoms with E-state index >= 15 is 0 Å². The quantitative estimate of drug-likeness (QED) is 0.346. The summed E-state index contributed by atoms with van der Waals surface area (Å²) in [5, 5.41) is 4.36. The van der Waals surface area contributed by atoms with Crippen LogP contribution in [0.1, 0.15) is 66.4 Å². The van der Waals surface area contributed by atoms with Crippen LogP contribution >= 0.6 is 11.3 Å². The monoisotopic (exact) mass is 474 g/mol. The third-order valence-corrected chi connectivity index (χ3v) is 7.84. The number of fused-ring (bicyclic) bond motifs is 1. The zero-order valence-electron chi connectivity index (χ0n) is 19.8. The fraction of sp³-hybridized carbons (Fsp3) is 0.414. The van der Waals surface area contributed by atoms with Crippen molar-refractivity contribution in [3.05, 3.63) is 63.3 Å². The van der Waals surface area contributed by atoms with Crippen molar-refractivity contribution in [2.24, 2.45) is 0 Å². The van der Waals surface area contributed by atoms with Gasteiger partial charge in [0.1, 0.15) is 5.75 Å². The zero-order valence-corrected chi connectivity index (χ0v) is 20.6. The van der Waals surface area contributed by atoms with Gasteiger partial charge in [-0.25, -0.2) is 4.79 Å². The predicted octanol–water partition coefficient (Wildman–Crippen LogP) is 6.99. The fourth-order valence-electron chi connectivity index (χ4n) is 5.21. The SMILES string of the molecule is COC(=O)C(OC1CC1)c1c(C)cc(-c2ccsc2)c(C2CC2)c1-c1ccc2c(c1)CCCO2. The van der Waals surface area contributed by atoms with E-state index in [4.69, 9.17) is 14.2 Å². The minimum atomic E-state index is -0.714. The number of methoxy groups -OCH3 is 1. The van der Waals surface area contributed by atoms with Gasteiger partial charge in [-0.15, -0.1) is 0 Å². The second-order valence-electron chi connectivity index (χ2n) is 9.74. The maximum Gasteiger partial charge on any atom is 0.339 e. The largest absolute Gasteiger partial charge is 0.493 e. The molecule has 34 heavy (non-hydrogen) atoms. The molecule has 1 atom stereocenters. The Morgan fingerprint density at radius 1 is 1.12 bits per heavy atom. The molecule has 0 radical (unpaired) electrons. The van der Waals surface area contributed by atoms with Crippen molar-refractivity contribution in [3.63, 3.8) is 0 Å². The van der Waals surface area contributed by atoms with E-state index in [1.807, 2.05) is 0 Å². The first-order valence-corrected chi connectivity index (χ1v) is 13.3. The molecule has 0 N–H and O–H groups in total. The Kier molecular flexibility index (Phi) is 5.70. The molecule has 0 spiro atoms. The van der Waals surface area contributed by atoms with Gasteiger partial charge in [0, 0.05) is 5.56 Å².